The smallest absolute Gasteiger partial charge is 0.166 e. The molecular formula is C13H16F3I. The lowest BCUT2D eigenvalue weighted by Crippen LogP contribution is -2.04. The van der Waals surface area contributed by atoms with Gasteiger partial charge in [-0.1, -0.05) is 47.6 Å². The molecule has 96 valence electrons. The van der Waals surface area contributed by atoms with Crippen LogP contribution < -0.4 is 0 Å². The molecule has 1 rings (SSSR count). The van der Waals surface area contributed by atoms with Crippen molar-refractivity contribution in [1.29, 1.82) is 0 Å². The van der Waals surface area contributed by atoms with Crippen molar-refractivity contribution < 1.29 is 13.2 Å². The maximum absolute atomic E-state index is 12.3. The third-order valence-corrected chi connectivity index (χ3v) is 3.39. The summed E-state index contributed by atoms with van der Waals surface area (Å²) in [6.07, 6.45) is 1.31. The molecule has 0 unspecified atom stereocenters. The Bertz CT molecular complexity index is 316. The summed E-state index contributed by atoms with van der Waals surface area (Å²) in [6, 6.07) is 5.50. The highest BCUT2D eigenvalue weighted by atomic mass is 127. The third kappa shape index (κ3) is 5.75. The molecule has 4 heteroatoms. The molecule has 0 nitrogen and oxygen atoms in total. The van der Waals surface area contributed by atoms with Crippen LogP contribution in [0, 0.1) is 0 Å². The second kappa shape index (κ2) is 7.24. The van der Waals surface area contributed by atoms with Crippen LogP contribution in [0.15, 0.2) is 24.3 Å². The van der Waals surface area contributed by atoms with Crippen LogP contribution in [-0.4, -0.2) is 4.43 Å². The first-order valence-corrected chi connectivity index (χ1v) is 7.28. The molecule has 0 aliphatic rings. The van der Waals surface area contributed by atoms with E-state index in [1.165, 1.54) is 29.4 Å². The molecule has 17 heavy (non-hydrogen) atoms. The Hall–Kier alpha value is -0.260. The van der Waals surface area contributed by atoms with Crippen molar-refractivity contribution in [3.05, 3.63) is 35.4 Å². The van der Waals surface area contributed by atoms with Gasteiger partial charge < -0.3 is 0 Å². The summed E-state index contributed by atoms with van der Waals surface area (Å²) < 4.78 is 38.1. The summed E-state index contributed by atoms with van der Waals surface area (Å²) in [4.78, 5) is 0. The van der Waals surface area contributed by atoms with Gasteiger partial charge in [0, 0.05) is 0 Å². The molecule has 0 saturated carbocycles. The van der Waals surface area contributed by atoms with E-state index < -0.39 is 11.7 Å². The maximum atomic E-state index is 12.3. The van der Waals surface area contributed by atoms with E-state index in [2.05, 4.69) is 22.6 Å². The van der Waals surface area contributed by atoms with Gasteiger partial charge in [0.05, 0.1) is 5.56 Å². The molecule has 0 radical (unpaired) electrons. The monoisotopic (exact) mass is 356 g/mol. The Balaban J connectivity index is 2.36. The van der Waals surface area contributed by atoms with E-state index in [9.17, 15) is 13.2 Å². The van der Waals surface area contributed by atoms with E-state index in [-0.39, 0.29) is 0 Å². The molecule has 0 aliphatic heterocycles. The van der Waals surface area contributed by atoms with Crippen LogP contribution in [0.1, 0.15) is 36.8 Å². The second-order valence-corrected chi connectivity index (χ2v) is 5.13. The van der Waals surface area contributed by atoms with Gasteiger partial charge in [-0.2, -0.15) is 13.2 Å². The number of aryl methyl sites for hydroxylation is 1. The zero-order valence-corrected chi connectivity index (χ0v) is 11.7. The van der Waals surface area contributed by atoms with Crippen molar-refractivity contribution in [2.45, 2.75) is 38.3 Å². The highest BCUT2D eigenvalue weighted by Crippen LogP contribution is 2.29. The van der Waals surface area contributed by atoms with Crippen molar-refractivity contribution in [3.63, 3.8) is 0 Å². The fraction of sp³-hybridized carbons (Fsp3) is 0.538. The van der Waals surface area contributed by atoms with Gasteiger partial charge in [-0.25, -0.2) is 0 Å². The first kappa shape index (κ1) is 14.8. The fourth-order valence-electron chi connectivity index (χ4n) is 1.64. The molecule has 0 bridgehead atoms. The Labute approximate surface area is 114 Å². The predicted molar refractivity (Wildman–Crippen MR) is 72.5 cm³/mol. The Kier molecular flexibility index (Phi) is 6.30. The first-order chi connectivity index (χ1) is 8.04. The van der Waals surface area contributed by atoms with Gasteiger partial charge in [0.1, 0.15) is 0 Å². The summed E-state index contributed by atoms with van der Waals surface area (Å²) in [5.41, 5.74) is 0.429. The number of rotatable bonds is 6. The van der Waals surface area contributed by atoms with Crippen molar-refractivity contribution in [2.75, 3.05) is 4.43 Å². The average Bonchev–Trinajstić information content (AvgIpc) is 2.28. The number of halogens is 4. The van der Waals surface area contributed by atoms with Crippen molar-refractivity contribution in [1.82, 2.24) is 0 Å². The third-order valence-electron chi connectivity index (χ3n) is 2.63. The maximum Gasteiger partial charge on any atom is 0.416 e. The second-order valence-electron chi connectivity index (χ2n) is 4.05. The summed E-state index contributed by atoms with van der Waals surface area (Å²) in [5.74, 6) is 0. The van der Waals surface area contributed by atoms with E-state index in [4.69, 9.17) is 0 Å². The van der Waals surface area contributed by atoms with Crippen LogP contribution in [0.3, 0.4) is 0 Å². The molecular weight excluding hydrogens is 340 g/mol. The van der Waals surface area contributed by atoms with Gasteiger partial charge in [-0.3, -0.25) is 0 Å². The molecule has 0 fully saturated rings. The van der Waals surface area contributed by atoms with Crippen LogP contribution in [0.5, 0.6) is 0 Å². The number of benzene rings is 1. The summed E-state index contributed by atoms with van der Waals surface area (Å²) >= 11 is 2.36. The minimum Gasteiger partial charge on any atom is -0.166 e. The fourth-order valence-corrected chi connectivity index (χ4v) is 2.18. The van der Waals surface area contributed by atoms with Crippen LogP contribution in [-0.2, 0) is 12.6 Å². The summed E-state index contributed by atoms with van der Waals surface area (Å²) in [5, 5.41) is 0. The molecule has 1 aromatic carbocycles. The van der Waals surface area contributed by atoms with Crippen LogP contribution in [0.4, 0.5) is 13.2 Å². The zero-order chi connectivity index (χ0) is 12.7. The average molecular weight is 356 g/mol. The van der Waals surface area contributed by atoms with Crippen molar-refractivity contribution >= 4 is 22.6 Å². The molecule has 0 spiro atoms. The van der Waals surface area contributed by atoms with Crippen LogP contribution >= 0.6 is 22.6 Å². The van der Waals surface area contributed by atoms with Crippen molar-refractivity contribution in [2.24, 2.45) is 0 Å². The van der Waals surface area contributed by atoms with Gasteiger partial charge in [0.2, 0.25) is 0 Å². The Morgan fingerprint density at radius 3 is 2.00 bits per heavy atom. The lowest BCUT2D eigenvalue weighted by molar-refractivity contribution is -0.137. The van der Waals surface area contributed by atoms with E-state index in [0.29, 0.717) is 0 Å². The SMILES string of the molecule is FC(F)(F)c1ccc(CCCCCCI)cc1. The molecule has 0 amide bonds. The standard InChI is InChI=1S/C13H16F3I/c14-13(15,16)12-8-6-11(7-9-12)5-3-1-2-4-10-17/h6-9H,1-5,10H2. The lowest BCUT2D eigenvalue weighted by atomic mass is 10.0. The molecule has 0 aromatic heterocycles. The molecule has 0 heterocycles. The number of hydrogen-bond donors (Lipinski definition) is 0. The van der Waals surface area contributed by atoms with Gasteiger partial charge in [0.15, 0.2) is 0 Å². The minimum atomic E-state index is -4.22. The van der Waals surface area contributed by atoms with Crippen molar-refractivity contribution in [3.8, 4) is 0 Å². The zero-order valence-electron chi connectivity index (χ0n) is 9.56. The molecule has 1 aromatic rings. The highest BCUT2D eigenvalue weighted by Gasteiger charge is 2.29. The minimum absolute atomic E-state index is 0.564. The molecule has 0 saturated heterocycles. The first-order valence-electron chi connectivity index (χ1n) is 5.76. The van der Waals surface area contributed by atoms with Gasteiger partial charge >= 0.3 is 6.18 Å². The van der Waals surface area contributed by atoms with E-state index in [1.54, 1.807) is 12.1 Å². The number of unbranched alkanes of at least 4 members (excludes halogenated alkanes) is 3. The summed E-state index contributed by atoms with van der Waals surface area (Å²) in [6.45, 7) is 0. The molecule has 0 aliphatic carbocycles. The highest BCUT2D eigenvalue weighted by molar-refractivity contribution is 14.1. The topological polar surface area (TPSA) is 0 Å². The van der Waals surface area contributed by atoms with Crippen LogP contribution in [0.25, 0.3) is 0 Å². The number of hydrogen-bond acceptors (Lipinski definition) is 0. The Morgan fingerprint density at radius 1 is 0.882 bits per heavy atom. The van der Waals surface area contributed by atoms with E-state index >= 15 is 0 Å². The quantitative estimate of drug-likeness (QED) is 0.371. The lowest BCUT2D eigenvalue weighted by Gasteiger charge is -2.07. The van der Waals surface area contributed by atoms with Gasteiger partial charge in [0.25, 0.3) is 0 Å². The Morgan fingerprint density at radius 2 is 1.47 bits per heavy atom. The largest absolute Gasteiger partial charge is 0.416 e. The van der Waals surface area contributed by atoms with E-state index in [1.807, 2.05) is 0 Å². The number of alkyl halides is 4. The van der Waals surface area contributed by atoms with Crippen LogP contribution in [0.2, 0.25) is 0 Å². The van der Waals surface area contributed by atoms with Gasteiger partial charge in [-0.15, -0.1) is 0 Å². The molecule has 0 N–H and O–H groups in total. The normalized spacial score (nSPS) is 11.8. The summed E-state index contributed by atoms with van der Waals surface area (Å²) in [7, 11) is 0. The van der Waals surface area contributed by atoms with Gasteiger partial charge in [-0.05, 0) is 41.4 Å². The van der Waals surface area contributed by atoms with E-state index in [0.717, 1.165) is 24.8 Å². The predicted octanol–water partition coefficient (Wildman–Crippen LogP) is 5.24. The molecule has 0 atom stereocenters.